The highest BCUT2D eigenvalue weighted by molar-refractivity contribution is 5.80. The summed E-state index contributed by atoms with van der Waals surface area (Å²) in [5.74, 6) is 2.30. The van der Waals surface area contributed by atoms with E-state index in [4.69, 9.17) is 0 Å². The summed E-state index contributed by atoms with van der Waals surface area (Å²) in [4.78, 5) is 13.8. The molecule has 4 nitrogen and oxygen atoms in total. The highest BCUT2D eigenvalue weighted by atomic mass is 15.2. The molecule has 0 aliphatic heterocycles. The summed E-state index contributed by atoms with van der Waals surface area (Å²) in [6.45, 7) is 1.98. The van der Waals surface area contributed by atoms with Crippen LogP contribution in [0.1, 0.15) is 5.82 Å². The van der Waals surface area contributed by atoms with Crippen LogP contribution in [0.2, 0.25) is 0 Å². The Kier molecular flexibility index (Phi) is 2.29. The fourth-order valence-electron chi connectivity index (χ4n) is 2.45. The van der Waals surface area contributed by atoms with Crippen LogP contribution in [0, 0.1) is 6.92 Å². The van der Waals surface area contributed by atoms with Crippen LogP contribution >= 0.6 is 0 Å². The van der Waals surface area contributed by atoms with E-state index in [2.05, 4.69) is 15.0 Å². The second kappa shape index (κ2) is 4.13. The van der Waals surface area contributed by atoms with Gasteiger partial charge in [0.15, 0.2) is 5.82 Å². The molecule has 2 aromatic heterocycles. The van der Waals surface area contributed by atoms with E-state index in [0.29, 0.717) is 11.6 Å². The molecule has 0 atom stereocenters. The molecule has 4 aromatic rings. The quantitative estimate of drug-likeness (QED) is 0.527. The summed E-state index contributed by atoms with van der Waals surface area (Å²) >= 11 is 0. The summed E-state index contributed by atoms with van der Waals surface area (Å²) in [5.41, 5.74) is 2.99. The zero-order valence-electron chi connectivity index (χ0n) is 11.0. The van der Waals surface area contributed by atoms with Gasteiger partial charge in [-0.15, -0.1) is 0 Å². The molecule has 0 radical (unpaired) electrons. The Labute approximate surface area is 115 Å². The Morgan fingerprint density at radius 3 is 2.40 bits per heavy atom. The van der Waals surface area contributed by atoms with Gasteiger partial charge in [-0.25, -0.2) is 9.97 Å². The monoisotopic (exact) mass is 260 g/mol. The lowest BCUT2D eigenvalue weighted by atomic mass is 10.2. The lowest BCUT2D eigenvalue weighted by Crippen LogP contribution is -2.01. The van der Waals surface area contributed by atoms with Gasteiger partial charge in [0.2, 0.25) is 5.78 Å². The van der Waals surface area contributed by atoms with Crippen LogP contribution in [0.3, 0.4) is 0 Å². The minimum atomic E-state index is 0.692. The molecule has 2 aromatic carbocycles. The number of para-hydroxylation sites is 2. The van der Waals surface area contributed by atoms with Crippen molar-refractivity contribution in [3.8, 4) is 11.4 Å². The zero-order valence-corrected chi connectivity index (χ0v) is 11.0. The van der Waals surface area contributed by atoms with Gasteiger partial charge in [0, 0.05) is 5.56 Å². The summed E-state index contributed by atoms with van der Waals surface area (Å²) < 4.78 is 1.99. The number of nitrogens with zero attached hydrogens (tertiary/aromatic N) is 4. The normalized spacial score (nSPS) is 11.2. The van der Waals surface area contributed by atoms with E-state index in [1.165, 1.54) is 0 Å². The molecule has 0 bridgehead atoms. The first kappa shape index (κ1) is 11.1. The molecule has 4 heteroatoms. The fraction of sp³-hybridized carbons (Fsp3) is 0.0625. The van der Waals surface area contributed by atoms with Gasteiger partial charge in [-0.3, -0.25) is 4.40 Å². The fourth-order valence-corrected chi connectivity index (χ4v) is 2.45. The SMILES string of the molecule is Cc1nc(-c2ccccc2)nc2nc3ccccc3n12. The van der Waals surface area contributed by atoms with Gasteiger partial charge in [0.05, 0.1) is 11.0 Å². The van der Waals surface area contributed by atoms with Crippen LogP contribution in [-0.4, -0.2) is 19.4 Å². The predicted molar refractivity (Wildman–Crippen MR) is 78.5 cm³/mol. The second-order valence-electron chi connectivity index (χ2n) is 4.70. The number of rotatable bonds is 1. The summed E-state index contributed by atoms with van der Waals surface area (Å²) in [5, 5.41) is 0. The molecule has 96 valence electrons. The van der Waals surface area contributed by atoms with Crippen molar-refractivity contribution in [3.63, 3.8) is 0 Å². The Hall–Kier alpha value is -2.75. The Morgan fingerprint density at radius 2 is 1.55 bits per heavy atom. The van der Waals surface area contributed by atoms with Crippen LogP contribution in [0.4, 0.5) is 0 Å². The molecular weight excluding hydrogens is 248 g/mol. The number of hydrogen-bond donors (Lipinski definition) is 0. The van der Waals surface area contributed by atoms with Crippen molar-refractivity contribution < 1.29 is 0 Å². The van der Waals surface area contributed by atoms with Crippen LogP contribution < -0.4 is 0 Å². The number of fused-ring (bicyclic) bond motifs is 3. The van der Waals surface area contributed by atoms with Crippen LogP contribution in [0.5, 0.6) is 0 Å². The van der Waals surface area contributed by atoms with E-state index < -0.39 is 0 Å². The van der Waals surface area contributed by atoms with E-state index in [1.807, 2.05) is 65.9 Å². The van der Waals surface area contributed by atoms with Crippen LogP contribution in [0.15, 0.2) is 54.6 Å². The van der Waals surface area contributed by atoms with Gasteiger partial charge in [0.25, 0.3) is 0 Å². The first-order chi connectivity index (χ1) is 9.83. The molecule has 0 aliphatic rings. The lowest BCUT2D eigenvalue weighted by molar-refractivity contribution is 0.961. The number of aromatic nitrogens is 4. The van der Waals surface area contributed by atoms with Crippen molar-refractivity contribution in [2.45, 2.75) is 6.92 Å². The van der Waals surface area contributed by atoms with Gasteiger partial charge in [0.1, 0.15) is 5.82 Å². The standard InChI is InChI=1S/C16H12N4/c1-11-17-15(12-7-3-2-4-8-12)19-16-18-13-9-5-6-10-14(13)20(11)16/h2-10H,1H3. The summed E-state index contributed by atoms with van der Waals surface area (Å²) in [7, 11) is 0. The van der Waals surface area contributed by atoms with Crippen molar-refractivity contribution in [2.75, 3.05) is 0 Å². The van der Waals surface area contributed by atoms with Crippen molar-refractivity contribution in [3.05, 3.63) is 60.4 Å². The van der Waals surface area contributed by atoms with Gasteiger partial charge >= 0.3 is 0 Å². The number of hydrogen-bond acceptors (Lipinski definition) is 3. The maximum Gasteiger partial charge on any atom is 0.238 e. The topological polar surface area (TPSA) is 43.1 Å². The predicted octanol–water partition coefficient (Wildman–Crippen LogP) is 3.25. The average molecular weight is 260 g/mol. The van der Waals surface area contributed by atoms with E-state index >= 15 is 0 Å². The highest BCUT2D eigenvalue weighted by Crippen LogP contribution is 2.20. The molecule has 0 saturated carbocycles. The molecule has 0 spiro atoms. The van der Waals surface area contributed by atoms with Crippen molar-refractivity contribution in [2.24, 2.45) is 0 Å². The van der Waals surface area contributed by atoms with E-state index in [1.54, 1.807) is 0 Å². The first-order valence-electron chi connectivity index (χ1n) is 6.50. The average Bonchev–Trinajstić information content (AvgIpc) is 2.87. The largest absolute Gasteiger partial charge is 0.264 e. The van der Waals surface area contributed by atoms with Crippen molar-refractivity contribution >= 4 is 16.8 Å². The van der Waals surface area contributed by atoms with Crippen LogP contribution in [-0.2, 0) is 0 Å². The minimum Gasteiger partial charge on any atom is -0.264 e. The molecule has 20 heavy (non-hydrogen) atoms. The van der Waals surface area contributed by atoms with Gasteiger partial charge in [-0.1, -0.05) is 42.5 Å². The third-order valence-corrected chi connectivity index (χ3v) is 3.37. The van der Waals surface area contributed by atoms with Gasteiger partial charge in [-0.05, 0) is 19.1 Å². The zero-order chi connectivity index (χ0) is 13.5. The molecule has 0 aliphatic carbocycles. The lowest BCUT2D eigenvalue weighted by Gasteiger charge is -2.04. The van der Waals surface area contributed by atoms with Crippen molar-refractivity contribution in [1.82, 2.24) is 19.4 Å². The maximum atomic E-state index is 4.61. The highest BCUT2D eigenvalue weighted by Gasteiger charge is 2.10. The smallest absolute Gasteiger partial charge is 0.238 e. The van der Waals surface area contributed by atoms with E-state index in [0.717, 1.165) is 22.4 Å². The third kappa shape index (κ3) is 1.58. The molecule has 0 saturated heterocycles. The Bertz CT molecular complexity index is 910. The van der Waals surface area contributed by atoms with Gasteiger partial charge in [-0.2, -0.15) is 4.98 Å². The molecule has 0 amide bonds. The third-order valence-electron chi connectivity index (χ3n) is 3.37. The second-order valence-corrected chi connectivity index (χ2v) is 4.70. The number of imidazole rings is 1. The Morgan fingerprint density at radius 1 is 0.800 bits per heavy atom. The number of benzene rings is 2. The molecule has 0 unspecified atom stereocenters. The Balaban J connectivity index is 2.06. The van der Waals surface area contributed by atoms with E-state index in [9.17, 15) is 0 Å². The minimum absolute atomic E-state index is 0.692. The summed E-state index contributed by atoms with van der Waals surface area (Å²) in [6, 6.07) is 18.0. The van der Waals surface area contributed by atoms with Crippen molar-refractivity contribution in [1.29, 1.82) is 0 Å². The maximum absolute atomic E-state index is 4.61. The summed E-state index contributed by atoms with van der Waals surface area (Å²) in [6.07, 6.45) is 0. The van der Waals surface area contributed by atoms with Gasteiger partial charge < -0.3 is 0 Å². The first-order valence-corrected chi connectivity index (χ1v) is 6.50. The molecular formula is C16H12N4. The van der Waals surface area contributed by atoms with E-state index in [-0.39, 0.29) is 0 Å². The molecule has 2 heterocycles. The molecule has 0 N–H and O–H groups in total. The number of aryl methyl sites for hydroxylation is 1. The molecule has 0 fully saturated rings. The van der Waals surface area contributed by atoms with Crippen LogP contribution in [0.25, 0.3) is 28.2 Å². The molecule has 4 rings (SSSR count).